The number of nitrogens with one attached hydrogen (secondary N) is 1. The number of hydrogen-bond acceptors (Lipinski definition) is 7. The molecule has 0 atom stereocenters. The molecule has 0 radical (unpaired) electrons. The lowest BCUT2D eigenvalue weighted by atomic mass is 10.1. The van der Waals surface area contributed by atoms with Crippen LogP contribution in [-0.2, 0) is 17.9 Å². The van der Waals surface area contributed by atoms with Crippen molar-refractivity contribution in [2.75, 3.05) is 39.3 Å². The maximum atomic E-state index is 14.5. The van der Waals surface area contributed by atoms with Crippen molar-refractivity contribution in [1.82, 2.24) is 4.90 Å². The van der Waals surface area contributed by atoms with Gasteiger partial charge in [-0.25, -0.2) is 8.78 Å². The lowest BCUT2D eigenvalue weighted by molar-refractivity contribution is 0.207. The molecule has 0 saturated carbocycles. The number of aliphatic imine (C=N–C) groups is 2. The molecule has 1 N–H and O–H groups in total. The summed E-state index contributed by atoms with van der Waals surface area (Å²) < 4.78 is 44.5. The van der Waals surface area contributed by atoms with Crippen LogP contribution in [0.25, 0.3) is 0 Å². The maximum absolute atomic E-state index is 14.5. The normalized spacial score (nSPS) is 11.7. The Labute approximate surface area is 199 Å². The molecule has 0 heterocycles. The van der Waals surface area contributed by atoms with Crippen LogP contribution in [0, 0.1) is 11.6 Å². The van der Waals surface area contributed by atoms with E-state index in [1.54, 1.807) is 0 Å². The van der Waals surface area contributed by atoms with Gasteiger partial charge in [0.25, 0.3) is 0 Å². The molecule has 2 aromatic rings. The fraction of sp³-hybridized carbons (Fsp3) is 0.360. The predicted octanol–water partition coefficient (Wildman–Crippen LogP) is 5.02. The molecule has 2 rings (SSSR count). The highest BCUT2D eigenvalue weighted by atomic mass is 19.1. The lowest BCUT2D eigenvalue weighted by Crippen LogP contribution is -2.22. The van der Waals surface area contributed by atoms with Crippen LogP contribution in [0.5, 0.6) is 11.5 Å². The third-order valence-electron chi connectivity index (χ3n) is 5.09. The topological polar surface area (TPSA) is 67.7 Å². The molecule has 0 aromatic heterocycles. The van der Waals surface area contributed by atoms with E-state index in [9.17, 15) is 8.78 Å². The van der Waals surface area contributed by atoms with Gasteiger partial charge in [-0.2, -0.15) is 0 Å². The van der Waals surface area contributed by atoms with Crippen LogP contribution in [0.15, 0.2) is 52.3 Å². The molecule has 0 saturated heterocycles. The predicted molar refractivity (Wildman–Crippen MR) is 132 cm³/mol. The summed E-state index contributed by atoms with van der Waals surface area (Å²) in [7, 11) is 2.57. The van der Waals surface area contributed by atoms with E-state index in [0.29, 0.717) is 0 Å². The summed E-state index contributed by atoms with van der Waals surface area (Å²) in [5, 5.41) is 3.22. The fourth-order valence-electron chi connectivity index (χ4n) is 3.17. The van der Waals surface area contributed by atoms with Crippen molar-refractivity contribution in [3.05, 3.63) is 65.1 Å². The van der Waals surface area contributed by atoms with Gasteiger partial charge in [-0.05, 0) is 37.5 Å². The number of anilines is 1. The van der Waals surface area contributed by atoms with Crippen LogP contribution in [0.3, 0.4) is 0 Å². The molecule has 7 nitrogen and oxygen atoms in total. The van der Waals surface area contributed by atoms with Crippen molar-refractivity contribution in [3.63, 3.8) is 0 Å². The summed E-state index contributed by atoms with van der Waals surface area (Å²) in [6.07, 6.45) is 2.72. The number of halogens is 2. The second kappa shape index (κ2) is 13.9. The second-order valence-electron chi connectivity index (χ2n) is 7.20. The Kier molecular flexibility index (Phi) is 11.0. The molecular formula is C25H32F2N4O3. The summed E-state index contributed by atoms with van der Waals surface area (Å²) in [6, 6.07) is 9.26. The van der Waals surface area contributed by atoms with E-state index in [1.165, 1.54) is 32.2 Å². The molecule has 34 heavy (non-hydrogen) atoms. The lowest BCUT2D eigenvalue weighted by Gasteiger charge is -2.18. The maximum Gasteiger partial charge on any atom is 0.174 e. The van der Waals surface area contributed by atoms with Gasteiger partial charge in [-0.15, -0.1) is 0 Å². The van der Waals surface area contributed by atoms with Crippen molar-refractivity contribution in [1.29, 1.82) is 0 Å². The third kappa shape index (κ3) is 7.55. The molecule has 0 aliphatic heterocycles. The van der Waals surface area contributed by atoms with Gasteiger partial charge in [-0.3, -0.25) is 14.9 Å². The Morgan fingerprint density at radius 2 is 1.76 bits per heavy atom. The zero-order valence-corrected chi connectivity index (χ0v) is 20.1. The van der Waals surface area contributed by atoms with Crippen molar-refractivity contribution in [2.45, 2.75) is 27.0 Å². The van der Waals surface area contributed by atoms with E-state index in [1.807, 2.05) is 12.1 Å². The molecule has 0 unspecified atom stereocenters. The highest BCUT2D eigenvalue weighted by Gasteiger charge is 2.20. The van der Waals surface area contributed by atoms with Crippen LogP contribution < -0.4 is 14.8 Å². The minimum atomic E-state index is -0.866. The molecule has 184 valence electrons. The molecule has 2 aromatic carbocycles. The number of rotatable bonds is 14. The van der Waals surface area contributed by atoms with E-state index < -0.39 is 18.2 Å². The second-order valence-corrected chi connectivity index (χ2v) is 7.20. The van der Waals surface area contributed by atoms with Crippen molar-refractivity contribution in [3.8, 4) is 11.5 Å². The van der Waals surface area contributed by atoms with E-state index >= 15 is 0 Å². The monoisotopic (exact) mass is 474 g/mol. The third-order valence-corrected chi connectivity index (χ3v) is 5.09. The number of methoxy groups -OCH3 is 2. The van der Waals surface area contributed by atoms with E-state index in [-0.39, 0.29) is 29.5 Å². The Bertz CT molecular complexity index is 980. The Hall–Kier alpha value is -3.46. The highest BCUT2D eigenvalue weighted by Crippen LogP contribution is 2.31. The Morgan fingerprint density at radius 3 is 2.35 bits per heavy atom. The SMILES string of the molecule is C=N/C=C(\C=NCNc1cccc(CN(CC)CC)c1)OCc1c(F)c(OC)cc(OC)c1F. The number of benzene rings is 2. The molecule has 0 amide bonds. The first-order chi connectivity index (χ1) is 16.5. The number of allylic oxidation sites excluding steroid dienone is 1. The van der Waals surface area contributed by atoms with Gasteiger partial charge >= 0.3 is 0 Å². The van der Waals surface area contributed by atoms with Gasteiger partial charge in [0.05, 0.1) is 32.2 Å². The average molecular weight is 475 g/mol. The van der Waals surface area contributed by atoms with Gasteiger partial charge in [0, 0.05) is 18.3 Å². The fourth-order valence-corrected chi connectivity index (χ4v) is 3.17. The summed E-state index contributed by atoms with van der Waals surface area (Å²) >= 11 is 0. The van der Waals surface area contributed by atoms with Gasteiger partial charge in [0.1, 0.15) is 13.3 Å². The van der Waals surface area contributed by atoms with Gasteiger partial charge in [0.15, 0.2) is 28.9 Å². The molecule has 0 fully saturated rings. The summed E-state index contributed by atoms with van der Waals surface area (Å²) in [5.41, 5.74) is 1.81. The number of nitrogens with zero attached hydrogens (tertiary/aromatic N) is 3. The first-order valence-electron chi connectivity index (χ1n) is 10.9. The van der Waals surface area contributed by atoms with Crippen LogP contribution in [0.1, 0.15) is 25.0 Å². The number of hydrogen-bond donors (Lipinski definition) is 1. The van der Waals surface area contributed by atoms with Crippen molar-refractivity contribution >= 4 is 18.6 Å². The average Bonchev–Trinajstić information content (AvgIpc) is 2.85. The van der Waals surface area contributed by atoms with Gasteiger partial charge < -0.3 is 19.5 Å². The molecular weight excluding hydrogens is 442 g/mol. The largest absolute Gasteiger partial charge is 0.494 e. The Morgan fingerprint density at radius 1 is 1.09 bits per heavy atom. The van der Waals surface area contributed by atoms with Crippen LogP contribution in [0.4, 0.5) is 14.5 Å². The molecule has 0 spiro atoms. The molecule has 0 bridgehead atoms. The molecule has 9 heteroatoms. The standard InChI is InChI=1S/C25H32F2N4O3/c1-6-31(7-2)15-18-9-8-10-19(11-18)30-17-29-14-20(13-28-3)34-16-21-24(26)22(32-4)12-23(33-5)25(21)27/h8-14,30H,3,6-7,15-17H2,1-2,4-5H3/b20-13+,29-14?. The van der Waals surface area contributed by atoms with Crippen molar-refractivity contribution in [2.24, 2.45) is 9.98 Å². The smallest absolute Gasteiger partial charge is 0.174 e. The van der Waals surface area contributed by atoms with Crippen LogP contribution in [-0.4, -0.2) is 51.8 Å². The molecule has 0 aliphatic carbocycles. The highest BCUT2D eigenvalue weighted by molar-refractivity contribution is 5.76. The zero-order chi connectivity index (χ0) is 24.9. The summed E-state index contributed by atoms with van der Waals surface area (Å²) in [6.45, 7) is 10.4. The first-order valence-corrected chi connectivity index (χ1v) is 10.9. The Balaban J connectivity index is 2.01. The van der Waals surface area contributed by atoms with E-state index in [2.05, 4.69) is 52.9 Å². The van der Waals surface area contributed by atoms with E-state index in [0.717, 1.165) is 31.4 Å². The molecule has 0 aliphatic rings. The first kappa shape index (κ1) is 26.8. The van der Waals surface area contributed by atoms with Gasteiger partial charge in [0.2, 0.25) is 0 Å². The summed E-state index contributed by atoms with van der Waals surface area (Å²) in [5.74, 6) is -1.84. The van der Waals surface area contributed by atoms with Crippen molar-refractivity contribution < 1.29 is 23.0 Å². The quantitative estimate of drug-likeness (QED) is 0.308. The van der Waals surface area contributed by atoms with E-state index in [4.69, 9.17) is 14.2 Å². The minimum absolute atomic E-state index is 0.148. The minimum Gasteiger partial charge on any atom is -0.494 e. The van der Waals surface area contributed by atoms with Gasteiger partial charge in [-0.1, -0.05) is 26.0 Å². The van der Waals surface area contributed by atoms with Crippen LogP contribution >= 0.6 is 0 Å². The number of ether oxygens (including phenoxy) is 3. The zero-order valence-electron chi connectivity index (χ0n) is 20.1. The summed E-state index contributed by atoms with van der Waals surface area (Å²) in [4.78, 5) is 10.3. The van der Waals surface area contributed by atoms with Crippen LogP contribution in [0.2, 0.25) is 0 Å².